The highest BCUT2D eigenvalue weighted by Crippen LogP contribution is 2.27. The van der Waals surface area contributed by atoms with E-state index >= 15 is 0 Å². The molecule has 32 heavy (non-hydrogen) atoms. The van der Waals surface area contributed by atoms with E-state index in [0.717, 1.165) is 46.9 Å². The molecule has 0 fully saturated rings. The monoisotopic (exact) mass is 437 g/mol. The number of rotatable bonds is 14. The number of ether oxygens (including phenoxy) is 1. The third-order valence-electron chi connectivity index (χ3n) is 5.56. The average Bonchev–Trinajstić information content (AvgIpc) is 2.79. The summed E-state index contributed by atoms with van der Waals surface area (Å²) >= 11 is 0. The fourth-order valence-electron chi connectivity index (χ4n) is 3.60. The zero-order valence-electron chi connectivity index (χ0n) is 21.0. The number of allylic oxidation sites excluding steroid dienone is 3. The second kappa shape index (κ2) is 15.3. The maximum atomic E-state index is 5.53. The molecule has 4 nitrogen and oxygen atoms in total. The van der Waals surface area contributed by atoms with Crippen molar-refractivity contribution < 1.29 is 4.74 Å². The van der Waals surface area contributed by atoms with Crippen LogP contribution in [0.1, 0.15) is 84.8 Å². The van der Waals surface area contributed by atoms with Crippen molar-refractivity contribution in [2.75, 3.05) is 5.32 Å². The molecule has 1 aromatic rings. The van der Waals surface area contributed by atoms with Gasteiger partial charge in [-0.1, -0.05) is 77.2 Å². The lowest BCUT2D eigenvalue weighted by atomic mass is 9.92. The van der Waals surface area contributed by atoms with E-state index in [1.165, 1.54) is 31.2 Å². The number of nitrogens with one attached hydrogen (secondary N) is 2. The Labute approximate surface area is 196 Å². The third kappa shape index (κ3) is 9.34. The molecule has 1 unspecified atom stereocenters. The highest BCUT2D eigenvalue weighted by Gasteiger charge is 2.10. The quantitative estimate of drug-likeness (QED) is 0.0738. The smallest absolute Gasteiger partial charge is 0.158 e. The van der Waals surface area contributed by atoms with Crippen LogP contribution in [0.4, 0.5) is 5.69 Å². The maximum absolute atomic E-state index is 5.53. The van der Waals surface area contributed by atoms with E-state index in [2.05, 4.69) is 74.2 Å². The molecule has 0 bridgehead atoms. The predicted molar refractivity (Wildman–Crippen MR) is 140 cm³/mol. The van der Waals surface area contributed by atoms with E-state index in [1.807, 2.05) is 20.8 Å². The summed E-state index contributed by atoms with van der Waals surface area (Å²) < 4.78 is 5.53. The van der Waals surface area contributed by atoms with E-state index in [1.54, 1.807) is 6.26 Å². The lowest BCUT2D eigenvalue weighted by molar-refractivity contribution is 0.128. The van der Waals surface area contributed by atoms with Gasteiger partial charge in [0.2, 0.25) is 0 Å². The second-order valence-corrected chi connectivity index (χ2v) is 8.25. The van der Waals surface area contributed by atoms with Crippen molar-refractivity contribution in [1.82, 2.24) is 5.43 Å². The first kappa shape index (κ1) is 27.6. The molecule has 4 N–H and O–H groups in total. The van der Waals surface area contributed by atoms with Crippen molar-refractivity contribution in [3.63, 3.8) is 0 Å². The van der Waals surface area contributed by atoms with Crippen molar-refractivity contribution in [2.45, 2.75) is 86.3 Å². The van der Waals surface area contributed by atoms with Gasteiger partial charge in [-0.15, -0.1) is 5.92 Å². The third-order valence-corrected chi connectivity index (χ3v) is 5.56. The number of hydrazine groups is 1. The summed E-state index contributed by atoms with van der Waals surface area (Å²) in [5.41, 5.74) is 8.78. The molecule has 0 aromatic heterocycles. The normalized spacial score (nSPS) is 12.9. The zero-order valence-corrected chi connectivity index (χ0v) is 21.0. The molecule has 0 amide bonds. The van der Waals surface area contributed by atoms with Gasteiger partial charge in [0.15, 0.2) is 6.23 Å². The maximum Gasteiger partial charge on any atom is 0.158 e. The molecular formula is C28H43N3O. The SMILES string of the molecule is C=C(Nc1cc(/C(C#CC)=C/CC(CCC)CCC)ccc1CC)/C(C)=C/OC(C)NN. The molecule has 0 radical (unpaired) electrons. The summed E-state index contributed by atoms with van der Waals surface area (Å²) in [6.07, 6.45) is 10.7. The lowest BCUT2D eigenvalue weighted by Crippen LogP contribution is -2.33. The topological polar surface area (TPSA) is 59.3 Å². The molecule has 0 heterocycles. The Hall–Kier alpha value is -2.48. The van der Waals surface area contributed by atoms with Gasteiger partial charge in [-0.25, -0.2) is 5.43 Å². The Morgan fingerprint density at radius 3 is 2.47 bits per heavy atom. The number of hydrogen-bond acceptors (Lipinski definition) is 4. The Balaban J connectivity index is 3.15. The predicted octanol–water partition coefficient (Wildman–Crippen LogP) is 6.92. The molecule has 176 valence electrons. The van der Waals surface area contributed by atoms with Crippen LogP contribution < -0.4 is 16.6 Å². The minimum absolute atomic E-state index is 0.267. The molecule has 1 rings (SSSR count). The van der Waals surface area contributed by atoms with Crippen LogP contribution in [0.2, 0.25) is 0 Å². The number of anilines is 1. The number of nitrogens with two attached hydrogens (primary N) is 1. The molecule has 1 aromatic carbocycles. The highest BCUT2D eigenvalue weighted by atomic mass is 16.5. The van der Waals surface area contributed by atoms with Gasteiger partial charge in [-0.05, 0) is 56.7 Å². The van der Waals surface area contributed by atoms with E-state index in [9.17, 15) is 0 Å². The van der Waals surface area contributed by atoms with Crippen molar-refractivity contribution in [3.8, 4) is 11.8 Å². The Morgan fingerprint density at radius 1 is 1.22 bits per heavy atom. The van der Waals surface area contributed by atoms with E-state index in [0.29, 0.717) is 0 Å². The molecule has 0 saturated carbocycles. The highest BCUT2D eigenvalue weighted by molar-refractivity contribution is 5.81. The van der Waals surface area contributed by atoms with Gasteiger partial charge in [0.1, 0.15) is 0 Å². The van der Waals surface area contributed by atoms with Crippen LogP contribution in [0.15, 0.2) is 48.4 Å². The first-order valence-electron chi connectivity index (χ1n) is 11.9. The largest absolute Gasteiger partial charge is 0.482 e. The molecule has 0 spiro atoms. The zero-order chi connectivity index (χ0) is 23.9. The molecule has 0 aliphatic heterocycles. The van der Waals surface area contributed by atoms with Crippen LogP contribution in [-0.4, -0.2) is 6.23 Å². The van der Waals surface area contributed by atoms with Crippen LogP contribution in [0.25, 0.3) is 5.57 Å². The summed E-state index contributed by atoms with van der Waals surface area (Å²) in [4.78, 5) is 0. The van der Waals surface area contributed by atoms with E-state index in [4.69, 9.17) is 10.6 Å². The molecule has 0 aliphatic rings. The van der Waals surface area contributed by atoms with Crippen molar-refractivity contribution in [2.24, 2.45) is 11.8 Å². The number of benzene rings is 1. The summed E-state index contributed by atoms with van der Waals surface area (Å²) in [5, 5.41) is 3.48. The number of aryl methyl sites for hydroxylation is 1. The van der Waals surface area contributed by atoms with Crippen LogP contribution >= 0.6 is 0 Å². The van der Waals surface area contributed by atoms with Gasteiger partial charge in [0.25, 0.3) is 0 Å². The molecule has 0 saturated heterocycles. The van der Waals surface area contributed by atoms with Gasteiger partial charge < -0.3 is 10.1 Å². The van der Waals surface area contributed by atoms with Gasteiger partial charge in [0, 0.05) is 22.5 Å². The van der Waals surface area contributed by atoms with Crippen LogP contribution in [0, 0.1) is 17.8 Å². The fraction of sp³-hybridized carbons (Fsp3) is 0.500. The lowest BCUT2D eigenvalue weighted by Gasteiger charge is -2.17. The Bertz CT molecular complexity index is 836. The minimum Gasteiger partial charge on any atom is -0.482 e. The van der Waals surface area contributed by atoms with Gasteiger partial charge in [-0.3, -0.25) is 5.84 Å². The molecule has 1 atom stereocenters. The van der Waals surface area contributed by atoms with Crippen molar-refractivity contribution in [1.29, 1.82) is 0 Å². The van der Waals surface area contributed by atoms with Crippen LogP contribution in [-0.2, 0) is 11.2 Å². The van der Waals surface area contributed by atoms with E-state index < -0.39 is 0 Å². The summed E-state index contributed by atoms with van der Waals surface area (Å²) in [7, 11) is 0. The molecular weight excluding hydrogens is 394 g/mol. The van der Waals surface area contributed by atoms with Gasteiger partial charge >= 0.3 is 0 Å². The first-order chi connectivity index (χ1) is 15.4. The molecule has 4 heteroatoms. The Kier molecular flexibility index (Phi) is 13.2. The van der Waals surface area contributed by atoms with Crippen LogP contribution in [0.5, 0.6) is 0 Å². The van der Waals surface area contributed by atoms with Gasteiger partial charge in [-0.2, -0.15) is 0 Å². The van der Waals surface area contributed by atoms with Crippen LogP contribution in [0.3, 0.4) is 0 Å². The minimum atomic E-state index is -0.267. The van der Waals surface area contributed by atoms with Crippen molar-refractivity contribution >= 4 is 11.3 Å². The standard InChI is InChI=1S/C28H43N3O/c1-8-12-24(13-9-2)15-16-26(14-10-3)27-18-17-25(11-4)28(19-27)30-22(6)21(5)20-32-23(7)31-29/h16-20,23-24,30-31H,6,8-9,11-13,15,29H2,1-5,7H3/b21-20+,26-16+. The summed E-state index contributed by atoms with van der Waals surface area (Å²) in [6.45, 7) is 16.6. The van der Waals surface area contributed by atoms with Gasteiger partial charge in [0.05, 0.1) is 6.26 Å². The Morgan fingerprint density at radius 2 is 1.91 bits per heavy atom. The summed E-state index contributed by atoms with van der Waals surface area (Å²) in [5.74, 6) is 12.5. The fourth-order valence-corrected chi connectivity index (χ4v) is 3.60. The first-order valence-corrected chi connectivity index (χ1v) is 11.9. The summed E-state index contributed by atoms with van der Waals surface area (Å²) in [6, 6.07) is 6.55. The van der Waals surface area contributed by atoms with Crippen molar-refractivity contribution in [3.05, 3.63) is 59.5 Å². The second-order valence-electron chi connectivity index (χ2n) is 8.25. The number of hydrogen-bond donors (Lipinski definition) is 3. The average molecular weight is 438 g/mol. The van der Waals surface area contributed by atoms with E-state index in [-0.39, 0.29) is 6.23 Å². The molecule has 0 aliphatic carbocycles.